The number of rotatable bonds is 5. The molecule has 0 radical (unpaired) electrons. The summed E-state index contributed by atoms with van der Waals surface area (Å²) in [4.78, 5) is 29.2. The smallest absolute Gasteiger partial charge is 0.422 e. The van der Waals surface area contributed by atoms with Crippen molar-refractivity contribution >= 4 is 11.9 Å². The predicted octanol–water partition coefficient (Wildman–Crippen LogP) is 2.44. The van der Waals surface area contributed by atoms with Gasteiger partial charge in [0, 0.05) is 25.4 Å². The molecule has 0 bridgehead atoms. The average molecular weight is 360 g/mol. The first kappa shape index (κ1) is 19.0. The molecule has 0 aromatic carbocycles. The Morgan fingerprint density at radius 2 is 2.12 bits per heavy atom. The van der Waals surface area contributed by atoms with Crippen LogP contribution in [0.4, 0.5) is 13.2 Å². The number of nitrogens with zero attached hydrogens (tertiary/aromatic N) is 2. The third-order valence-electron chi connectivity index (χ3n) is 3.69. The Morgan fingerprint density at radius 1 is 1.36 bits per heavy atom. The number of hydrogen-bond donors (Lipinski definition) is 0. The second-order valence-corrected chi connectivity index (χ2v) is 5.95. The van der Waals surface area contributed by atoms with E-state index < -0.39 is 18.8 Å². The van der Waals surface area contributed by atoms with Crippen molar-refractivity contribution in [1.29, 1.82) is 0 Å². The largest absolute Gasteiger partial charge is 0.468 e. The molecule has 1 aliphatic rings. The van der Waals surface area contributed by atoms with E-state index in [4.69, 9.17) is 4.74 Å². The van der Waals surface area contributed by atoms with E-state index in [-0.39, 0.29) is 24.0 Å². The molecule has 1 aromatic rings. The molecule has 1 aliphatic heterocycles. The highest BCUT2D eigenvalue weighted by molar-refractivity contribution is 5.91. The molecule has 0 saturated carbocycles. The van der Waals surface area contributed by atoms with Gasteiger partial charge < -0.3 is 14.4 Å². The van der Waals surface area contributed by atoms with E-state index in [1.54, 1.807) is 4.90 Å². The Labute approximate surface area is 142 Å². The quantitative estimate of drug-likeness (QED) is 0.755. The molecule has 1 saturated heterocycles. The van der Waals surface area contributed by atoms with E-state index in [0.29, 0.717) is 19.0 Å². The van der Waals surface area contributed by atoms with Gasteiger partial charge in [0.1, 0.15) is 0 Å². The third kappa shape index (κ3) is 6.24. The Balaban J connectivity index is 1.81. The summed E-state index contributed by atoms with van der Waals surface area (Å²) in [5.74, 6) is -0.875. The Morgan fingerprint density at radius 3 is 2.72 bits per heavy atom. The maximum atomic E-state index is 12.0. The van der Waals surface area contributed by atoms with Crippen molar-refractivity contribution in [2.24, 2.45) is 5.92 Å². The van der Waals surface area contributed by atoms with E-state index in [1.807, 2.05) is 0 Å². The second-order valence-electron chi connectivity index (χ2n) is 5.95. The highest BCUT2D eigenvalue weighted by Crippen LogP contribution is 2.18. The molecule has 2 heterocycles. The molecule has 25 heavy (non-hydrogen) atoms. The van der Waals surface area contributed by atoms with Gasteiger partial charge in [-0.15, -0.1) is 0 Å². The molecule has 0 spiro atoms. The highest BCUT2D eigenvalue weighted by atomic mass is 19.4. The van der Waals surface area contributed by atoms with Gasteiger partial charge >= 0.3 is 12.1 Å². The molecule has 138 valence electrons. The molecular weight excluding hydrogens is 341 g/mol. The van der Waals surface area contributed by atoms with E-state index in [2.05, 4.69) is 16.6 Å². The summed E-state index contributed by atoms with van der Waals surface area (Å²) in [5, 5.41) is 0. The monoisotopic (exact) mass is 360 g/mol. The first-order valence-corrected chi connectivity index (χ1v) is 7.85. The van der Waals surface area contributed by atoms with Crippen molar-refractivity contribution in [3.63, 3.8) is 0 Å². The van der Waals surface area contributed by atoms with E-state index in [1.165, 1.54) is 6.07 Å². The number of hydrogen-bond acceptors (Lipinski definition) is 5. The standard InChI is InChI=1S/C16H19F3N2O4/c1-11-3-2-6-21(8-11)14(22)9-24-15(23)12-4-5-13(20-7-12)25-10-16(17,18)19/h4-5,7,11H,2-3,6,8-10H2,1H3. The van der Waals surface area contributed by atoms with Gasteiger partial charge in [-0.05, 0) is 24.8 Å². The zero-order valence-corrected chi connectivity index (χ0v) is 13.7. The van der Waals surface area contributed by atoms with Crippen LogP contribution in [0.5, 0.6) is 5.88 Å². The van der Waals surface area contributed by atoms with Gasteiger partial charge in [-0.1, -0.05) is 6.92 Å². The van der Waals surface area contributed by atoms with Crippen molar-refractivity contribution in [2.75, 3.05) is 26.3 Å². The van der Waals surface area contributed by atoms with Gasteiger partial charge in [-0.25, -0.2) is 9.78 Å². The van der Waals surface area contributed by atoms with Gasteiger partial charge in [0.15, 0.2) is 13.2 Å². The number of halogens is 3. The normalized spacial score (nSPS) is 17.9. The maximum absolute atomic E-state index is 12.0. The molecule has 6 nitrogen and oxygen atoms in total. The molecule has 9 heteroatoms. The molecule has 1 unspecified atom stereocenters. The number of piperidine rings is 1. The second kappa shape index (κ2) is 8.17. The average Bonchev–Trinajstić information content (AvgIpc) is 2.57. The van der Waals surface area contributed by atoms with Crippen LogP contribution in [0.15, 0.2) is 18.3 Å². The highest BCUT2D eigenvalue weighted by Gasteiger charge is 2.28. The summed E-state index contributed by atoms with van der Waals surface area (Å²) < 4.78 is 45.5. The zero-order chi connectivity index (χ0) is 18.4. The fraction of sp³-hybridized carbons (Fsp3) is 0.562. The summed E-state index contributed by atoms with van der Waals surface area (Å²) in [6, 6.07) is 2.37. The van der Waals surface area contributed by atoms with Crippen LogP contribution in [0.2, 0.25) is 0 Å². The minimum absolute atomic E-state index is 0.0270. The minimum Gasteiger partial charge on any atom is -0.468 e. The molecule has 0 N–H and O–H groups in total. The summed E-state index contributed by atoms with van der Waals surface area (Å²) in [7, 11) is 0. The topological polar surface area (TPSA) is 68.7 Å². The minimum atomic E-state index is -4.47. The molecule has 2 rings (SSSR count). The lowest BCUT2D eigenvalue weighted by Crippen LogP contribution is -2.41. The van der Waals surface area contributed by atoms with Crippen molar-refractivity contribution in [2.45, 2.75) is 25.9 Å². The van der Waals surface area contributed by atoms with E-state index in [9.17, 15) is 22.8 Å². The lowest BCUT2D eigenvalue weighted by atomic mass is 10.0. The van der Waals surface area contributed by atoms with Crippen LogP contribution in [-0.4, -0.2) is 54.2 Å². The van der Waals surface area contributed by atoms with Gasteiger partial charge in [0.25, 0.3) is 5.91 Å². The summed E-state index contributed by atoms with van der Waals surface area (Å²) in [5.41, 5.74) is 0.0270. The molecule has 1 amide bonds. The number of likely N-dealkylation sites (tertiary alicyclic amines) is 1. The number of esters is 1. The number of aromatic nitrogens is 1. The van der Waals surface area contributed by atoms with Crippen LogP contribution in [0.3, 0.4) is 0 Å². The number of amides is 1. The third-order valence-corrected chi connectivity index (χ3v) is 3.69. The maximum Gasteiger partial charge on any atom is 0.422 e. The van der Waals surface area contributed by atoms with Gasteiger partial charge in [0.2, 0.25) is 5.88 Å². The molecular formula is C16H19F3N2O4. The van der Waals surface area contributed by atoms with E-state index in [0.717, 1.165) is 25.1 Å². The fourth-order valence-corrected chi connectivity index (χ4v) is 2.46. The Hall–Kier alpha value is -2.32. The van der Waals surface area contributed by atoms with E-state index >= 15 is 0 Å². The van der Waals surface area contributed by atoms with Crippen LogP contribution in [0.25, 0.3) is 0 Å². The number of carbonyl (C=O) groups is 2. The SMILES string of the molecule is CC1CCCN(C(=O)COC(=O)c2ccc(OCC(F)(F)F)nc2)C1. The number of alkyl halides is 3. The van der Waals surface area contributed by atoms with Gasteiger partial charge in [0.05, 0.1) is 5.56 Å². The Kier molecular flexibility index (Phi) is 6.22. The van der Waals surface area contributed by atoms with Crippen molar-refractivity contribution in [3.8, 4) is 5.88 Å². The van der Waals surface area contributed by atoms with Gasteiger partial charge in [-0.3, -0.25) is 4.79 Å². The van der Waals surface area contributed by atoms with Gasteiger partial charge in [-0.2, -0.15) is 13.2 Å². The van der Waals surface area contributed by atoms with Crippen LogP contribution < -0.4 is 4.74 Å². The summed E-state index contributed by atoms with van der Waals surface area (Å²) in [6.45, 7) is 1.50. The fourth-order valence-electron chi connectivity index (χ4n) is 2.46. The Bertz CT molecular complexity index is 604. The number of pyridine rings is 1. The lowest BCUT2D eigenvalue weighted by molar-refractivity contribution is -0.154. The van der Waals surface area contributed by atoms with Crippen molar-refractivity contribution in [1.82, 2.24) is 9.88 Å². The van der Waals surface area contributed by atoms with Crippen molar-refractivity contribution in [3.05, 3.63) is 23.9 Å². The lowest BCUT2D eigenvalue weighted by Gasteiger charge is -2.30. The zero-order valence-electron chi connectivity index (χ0n) is 13.7. The first-order chi connectivity index (χ1) is 11.7. The molecule has 1 fully saturated rings. The van der Waals surface area contributed by atoms with Crippen LogP contribution in [-0.2, 0) is 9.53 Å². The van der Waals surface area contributed by atoms with Crippen LogP contribution >= 0.6 is 0 Å². The van der Waals surface area contributed by atoms with Crippen molar-refractivity contribution < 1.29 is 32.2 Å². The molecule has 1 atom stereocenters. The first-order valence-electron chi connectivity index (χ1n) is 7.85. The van der Waals surface area contributed by atoms with Crippen LogP contribution in [0.1, 0.15) is 30.1 Å². The predicted molar refractivity (Wildman–Crippen MR) is 81.0 cm³/mol. The number of carbonyl (C=O) groups excluding carboxylic acids is 2. The van der Waals surface area contributed by atoms with Crippen LogP contribution in [0, 0.1) is 5.92 Å². The summed E-state index contributed by atoms with van der Waals surface area (Å²) in [6.07, 6.45) is -1.44. The number of ether oxygens (including phenoxy) is 2. The molecule has 0 aliphatic carbocycles. The molecule has 1 aromatic heterocycles. The summed E-state index contributed by atoms with van der Waals surface area (Å²) >= 11 is 0.